The van der Waals surface area contributed by atoms with Gasteiger partial charge in [0.25, 0.3) is 0 Å². The van der Waals surface area contributed by atoms with Crippen LogP contribution in [0.5, 0.6) is 0 Å². The third-order valence-electron chi connectivity index (χ3n) is 4.37. The van der Waals surface area contributed by atoms with Gasteiger partial charge in [0.05, 0.1) is 31.1 Å². The van der Waals surface area contributed by atoms with Gasteiger partial charge >= 0.3 is 0 Å². The molecule has 1 aliphatic rings. The maximum atomic E-state index is 11.7. The van der Waals surface area contributed by atoms with Crippen LogP contribution in [0.1, 0.15) is 27.2 Å². The Morgan fingerprint density at radius 3 is 2.56 bits per heavy atom. The van der Waals surface area contributed by atoms with E-state index in [4.69, 9.17) is 4.74 Å². The topological polar surface area (TPSA) is 106 Å². The molecule has 27 heavy (non-hydrogen) atoms. The Morgan fingerprint density at radius 1 is 1.30 bits per heavy atom. The van der Waals surface area contributed by atoms with Crippen molar-refractivity contribution in [3.05, 3.63) is 0 Å². The van der Waals surface area contributed by atoms with E-state index >= 15 is 0 Å². The van der Waals surface area contributed by atoms with Gasteiger partial charge in [0.1, 0.15) is 0 Å². The average molecular weight is 408 g/mol. The van der Waals surface area contributed by atoms with Crippen molar-refractivity contribution in [3.8, 4) is 0 Å². The molecule has 1 fully saturated rings. The second-order valence-electron chi connectivity index (χ2n) is 7.08. The van der Waals surface area contributed by atoms with E-state index in [1.807, 2.05) is 6.92 Å². The smallest absolute Gasteiger partial charge is 0.213 e. The molecule has 10 heteroatoms. The highest BCUT2D eigenvalue weighted by Crippen LogP contribution is 2.09. The number of rotatable bonds is 11. The third-order valence-corrected chi connectivity index (χ3v) is 6.23. The maximum absolute atomic E-state index is 11.7. The van der Waals surface area contributed by atoms with Crippen molar-refractivity contribution in [3.63, 3.8) is 0 Å². The first-order chi connectivity index (χ1) is 12.7. The van der Waals surface area contributed by atoms with Crippen LogP contribution in [0.4, 0.5) is 0 Å². The molecule has 1 unspecified atom stereocenters. The lowest BCUT2D eigenvalue weighted by Crippen LogP contribution is -2.48. The number of hydrogen-bond acceptors (Lipinski definition) is 6. The molecule has 0 aliphatic carbocycles. The second kappa shape index (κ2) is 11.8. The molecule has 160 valence electrons. The standard InChI is InChI=1S/C17H37N5O4S/c1-5-18-16(19-8-7-9-21(4)27(24,25)6-2)20-14-17(3,23)15-22-10-12-26-13-11-22/h23H,5-15H2,1-4H3,(H2,18,19,20). The van der Waals surface area contributed by atoms with E-state index in [9.17, 15) is 13.5 Å². The zero-order chi connectivity index (χ0) is 20.3. The summed E-state index contributed by atoms with van der Waals surface area (Å²) in [6.45, 7) is 11.1. The van der Waals surface area contributed by atoms with Crippen molar-refractivity contribution in [2.75, 3.05) is 71.8 Å². The molecule has 1 rings (SSSR count). The lowest BCUT2D eigenvalue weighted by Gasteiger charge is -2.33. The molecule has 1 saturated heterocycles. The van der Waals surface area contributed by atoms with E-state index in [1.165, 1.54) is 4.31 Å². The summed E-state index contributed by atoms with van der Waals surface area (Å²) >= 11 is 0. The lowest BCUT2D eigenvalue weighted by molar-refractivity contribution is -0.0180. The monoisotopic (exact) mass is 407 g/mol. The van der Waals surface area contributed by atoms with Crippen LogP contribution in [0.25, 0.3) is 0 Å². The van der Waals surface area contributed by atoms with Crippen LogP contribution in [0.15, 0.2) is 4.99 Å². The molecule has 1 heterocycles. The zero-order valence-corrected chi connectivity index (χ0v) is 18.0. The molecule has 0 radical (unpaired) electrons. The van der Waals surface area contributed by atoms with Crippen molar-refractivity contribution in [2.24, 2.45) is 4.99 Å². The van der Waals surface area contributed by atoms with Crippen molar-refractivity contribution >= 4 is 16.0 Å². The van der Waals surface area contributed by atoms with Crippen LogP contribution in [0, 0.1) is 0 Å². The fraction of sp³-hybridized carbons (Fsp3) is 0.941. The van der Waals surface area contributed by atoms with Gasteiger partial charge in [0.15, 0.2) is 5.96 Å². The Labute approximate surface area is 164 Å². The number of aliphatic imine (C=N–C) groups is 1. The quantitative estimate of drug-likeness (QED) is 0.236. The molecular weight excluding hydrogens is 370 g/mol. The minimum Gasteiger partial charge on any atom is -0.387 e. The molecule has 0 saturated carbocycles. The van der Waals surface area contributed by atoms with Gasteiger partial charge in [-0.3, -0.25) is 9.89 Å². The summed E-state index contributed by atoms with van der Waals surface area (Å²) in [5, 5.41) is 17.0. The number of sulfonamides is 1. The highest BCUT2D eigenvalue weighted by Gasteiger charge is 2.25. The van der Waals surface area contributed by atoms with Gasteiger partial charge in [-0.25, -0.2) is 12.7 Å². The predicted molar refractivity (Wildman–Crippen MR) is 109 cm³/mol. The van der Waals surface area contributed by atoms with Crippen molar-refractivity contribution in [1.29, 1.82) is 0 Å². The molecule has 0 bridgehead atoms. The molecule has 0 aromatic heterocycles. The minimum absolute atomic E-state index is 0.110. The normalized spacial score (nSPS) is 19.1. The molecule has 9 nitrogen and oxygen atoms in total. The molecule has 0 amide bonds. The fourth-order valence-electron chi connectivity index (χ4n) is 2.75. The fourth-order valence-corrected chi connectivity index (χ4v) is 3.60. The van der Waals surface area contributed by atoms with Crippen LogP contribution in [-0.4, -0.2) is 106 Å². The van der Waals surface area contributed by atoms with E-state index in [1.54, 1.807) is 20.9 Å². The lowest BCUT2D eigenvalue weighted by atomic mass is 10.1. The largest absolute Gasteiger partial charge is 0.387 e. The average Bonchev–Trinajstić information content (AvgIpc) is 2.63. The number of nitrogens with zero attached hydrogens (tertiary/aromatic N) is 3. The number of guanidine groups is 1. The number of ether oxygens (including phenoxy) is 1. The summed E-state index contributed by atoms with van der Waals surface area (Å²) in [6.07, 6.45) is 0.671. The van der Waals surface area contributed by atoms with Crippen LogP contribution in [0.3, 0.4) is 0 Å². The molecule has 0 spiro atoms. The van der Waals surface area contributed by atoms with Gasteiger partial charge < -0.3 is 20.5 Å². The summed E-state index contributed by atoms with van der Waals surface area (Å²) in [5.41, 5.74) is -0.922. The molecular formula is C17H37N5O4S. The first-order valence-electron chi connectivity index (χ1n) is 9.69. The van der Waals surface area contributed by atoms with Gasteiger partial charge in [-0.1, -0.05) is 0 Å². The van der Waals surface area contributed by atoms with Gasteiger partial charge in [0, 0.05) is 46.3 Å². The van der Waals surface area contributed by atoms with Gasteiger partial charge in [0.2, 0.25) is 10.0 Å². The summed E-state index contributed by atoms with van der Waals surface area (Å²) in [4.78, 5) is 6.67. The molecule has 1 atom stereocenters. The van der Waals surface area contributed by atoms with Crippen LogP contribution in [0.2, 0.25) is 0 Å². The van der Waals surface area contributed by atoms with Gasteiger partial charge in [-0.15, -0.1) is 0 Å². The molecule has 1 aliphatic heterocycles. The van der Waals surface area contributed by atoms with Crippen LogP contribution < -0.4 is 10.6 Å². The summed E-state index contributed by atoms with van der Waals surface area (Å²) in [6, 6.07) is 0. The first kappa shape index (κ1) is 24.1. The van der Waals surface area contributed by atoms with Crippen LogP contribution in [-0.2, 0) is 14.8 Å². The van der Waals surface area contributed by atoms with E-state index < -0.39 is 15.6 Å². The Kier molecular flexibility index (Phi) is 10.5. The minimum atomic E-state index is -3.14. The van der Waals surface area contributed by atoms with Crippen LogP contribution >= 0.6 is 0 Å². The van der Waals surface area contributed by atoms with E-state index in [0.29, 0.717) is 51.8 Å². The van der Waals surface area contributed by atoms with E-state index in [-0.39, 0.29) is 12.3 Å². The number of hydrogen-bond donors (Lipinski definition) is 3. The van der Waals surface area contributed by atoms with Crippen molar-refractivity contribution in [1.82, 2.24) is 19.8 Å². The summed E-state index contributed by atoms with van der Waals surface area (Å²) in [7, 11) is -1.54. The summed E-state index contributed by atoms with van der Waals surface area (Å²) in [5.74, 6) is 0.736. The third kappa shape index (κ3) is 9.70. The van der Waals surface area contributed by atoms with E-state index in [0.717, 1.165) is 13.1 Å². The number of nitrogens with one attached hydrogen (secondary N) is 2. The number of morpholine rings is 1. The molecule has 0 aromatic carbocycles. The summed E-state index contributed by atoms with van der Waals surface area (Å²) < 4.78 is 30.2. The Bertz CT molecular complexity index is 548. The van der Waals surface area contributed by atoms with Gasteiger partial charge in [-0.05, 0) is 27.2 Å². The predicted octanol–water partition coefficient (Wildman–Crippen LogP) is -0.704. The Balaban J connectivity index is 2.44. The molecule has 3 N–H and O–H groups in total. The molecule has 0 aromatic rings. The SMILES string of the molecule is CCNC(=NCC(C)(O)CN1CCOCC1)NCCCN(C)S(=O)(=O)CC. The Morgan fingerprint density at radius 2 is 1.96 bits per heavy atom. The number of aliphatic hydroxyl groups is 1. The van der Waals surface area contributed by atoms with Gasteiger partial charge in [-0.2, -0.15) is 0 Å². The highest BCUT2D eigenvalue weighted by molar-refractivity contribution is 7.89. The Hall–Kier alpha value is -0.940. The zero-order valence-electron chi connectivity index (χ0n) is 17.2. The van der Waals surface area contributed by atoms with E-state index in [2.05, 4.69) is 20.5 Å². The van der Waals surface area contributed by atoms with Crippen molar-refractivity contribution < 1.29 is 18.3 Å². The first-order valence-corrected chi connectivity index (χ1v) is 11.3. The second-order valence-corrected chi connectivity index (χ2v) is 9.45. The maximum Gasteiger partial charge on any atom is 0.213 e. The number of β-amino-alcohol motifs (C(OH)–C–C–N with tert-alkyl or cyclic N) is 1. The highest BCUT2D eigenvalue weighted by atomic mass is 32.2. The van der Waals surface area contributed by atoms with Crippen molar-refractivity contribution in [2.45, 2.75) is 32.8 Å².